The van der Waals surface area contributed by atoms with Crippen molar-refractivity contribution in [3.05, 3.63) is 34.9 Å². The van der Waals surface area contributed by atoms with E-state index >= 15 is 0 Å². The first-order valence-corrected chi connectivity index (χ1v) is 10.4. The van der Waals surface area contributed by atoms with E-state index < -0.39 is 35.0 Å². The van der Waals surface area contributed by atoms with Crippen molar-refractivity contribution in [2.45, 2.75) is 64.0 Å². The van der Waals surface area contributed by atoms with Gasteiger partial charge in [-0.05, 0) is 63.6 Å². The minimum Gasteiger partial charge on any atom is -0.353 e. The first kappa shape index (κ1) is 26.0. The first-order valence-electron chi connectivity index (χ1n) is 10.4. The fraction of sp³-hybridized carbons (Fsp3) is 0.619. The second kappa shape index (κ2) is 10.5. The van der Waals surface area contributed by atoms with Gasteiger partial charge in [0.05, 0.1) is 17.7 Å². The summed E-state index contributed by atoms with van der Waals surface area (Å²) in [4.78, 5) is 24.0. The third kappa shape index (κ3) is 7.99. The molecule has 0 aromatic heterocycles. The monoisotopic (exact) mass is 467 g/mol. The van der Waals surface area contributed by atoms with Crippen LogP contribution < -0.4 is 16.0 Å². The molecule has 0 spiro atoms. The van der Waals surface area contributed by atoms with Crippen LogP contribution in [0.15, 0.2) is 18.2 Å². The zero-order chi connectivity index (χ0) is 24.1. The van der Waals surface area contributed by atoms with Crippen molar-refractivity contribution >= 4 is 11.8 Å². The average molecular weight is 467 g/mol. The van der Waals surface area contributed by atoms with Crippen molar-refractivity contribution in [2.75, 3.05) is 13.1 Å². The van der Waals surface area contributed by atoms with Gasteiger partial charge in [0.25, 0.3) is 5.91 Å². The van der Waals surface area contributed by atoms with Crippen molar-refractivity contribution < 1.29 is 35.9 Å². The molecule has 180 valence electrons. The molecule has 32 heavy (non-hydrogen) atoms. The summed E-state index contributed by atoms with van der Waals surface area (Å²) in [5.74, 6) is -1.03. The first-order chi connectivity index (χ1) is 14.8. The van der Waals surface area contributed by atoms with Gasteiger partial charge in [-0.15, -0.1) is 0 Å². The van der Waals surface area contributed by atoms with E-state index in [1.54, 1.807) is 0 Å². The Kier molecular flexibility index (Phi) is 8.55. The van der Waals surface area contributed by atoms with Crippen LogP contribution in [0.5, 0.6) is 0 Å². The average Bonchev–Trinajstić information content (AvgIpc) is 2.69. The summed E-state index contributed by atoms with van der Waals surface area (Å²) in [6.07, 6.45) is -7.10. The fourth-order valence-corrected chi connectivity index (χ4v) is 3.61. The van der Waals surface area contributed by atoms with Gasteiger partial charge in [0, 0.05) is 24.2 Å². The minimum absolute atomic E-state index is 0.00745. The molecule has 5 nitrogen and oxygen atoms in total. The molecule has 1 aromatic rings. The number of nitrogens with one attached hydrogen (secondary N) is 3. The van der Waals surface area contributed by atoms with Gasteiger partial charge in [0.2, 0.25) is 5.91 Å². The van der Waals surface area contributed by atoms with Crippen molar-refractivity contribution in [3.8, 4) is 0 Å². The number of hydrogen-bond acceptors (Lipinski definition) is 3. The molecule has 2 amide bonds. The van der Waals surface area contributed by atoms with Crippen LogP contribution in [0.4, 0.5) is 26.3 Å². The van der Waals surface area contributed by atoms with Crippen LogP contribution in [0.2, 0.25) is 0 Å². The SMILES string of the molecule is CC(C)NC(=O)CNC1CCC(CNC(=O)c2cc(C(F)(F)F)cc(C(F)(F)F)c2)CC1. The molecule has 1 fully saturated rings. The van der Waals surface area contributed by atoms with E-state index in [1.807, 2.05) is 13.8 Å². The number of hydrogen-bond donors (Lipinski definition) is 3. The predicted molar refractivity (Wildman–Crippen MR) is 106 cm³/mol. The van der Waals surface area contributed by atoms with E-state index in [-0.39, 0.29) is 43.1 Å². The van der Waals surface area contributed by atoms with Gasteiger partial charge >= 0.3 is 12.4 Å². The van der Waals surface area contributed by atoms with Crippen LogP contribution in [-0.2, 0) is 17.1 Å². The molecule has 1 saturated carbocycles. The van der Waals surface area contributed by atoms with E-state index in [0.29, 0.717) is 25.0 Å². The Morgan fingerprint density at radius 2 is 1.47 bits per heavy atom. The van der Waals surface area contributed by atoms with Gasteiger partial charge in [0.15, 0.2) is 0 Å². The highest BCUT2D eigenvalue weighted by Gasteiger charge is 2.37. The van der Waals surface area contributed by atoms with Gasteiger partial charge in [-0.1, -0.05) is 0 Å². The normalized spacial score (nSPS) is 19.7. The summed E-state index contributed by atoms with van der Waals surface area (Å²) in [5.41, 5.74) is -3.73. The summed E-state index contributed by atoms with van der Waals surface area (Å²) < 4.78 is 77.7. The largest absolute Gasteiger partial charge is 0.416 e. The molecule has 0 aliphatic heterocycles. The van der Waals surface area contributed by atoms with Crippen LogP contribution in [0.1, 0.15) is 61.0 Å². The maximum atomic E-state index is 13.0. The second-order valence-electron chi connectivity index (χ2n) is 8.33. The summed E-state index contributed by atoms with van der Waals surface area (Å²) in [6.45, 7) is 4.07. The predicted octanol–water partition coefficient (Wildman–Crippen LogP) is 4.13. The maximum absolute atomic E-state index is 13.0. The van der Waals surface area contributed by atoms with Crippen LogP contribution in [0.25, 0.3) is 0 Å². The van der Waals surface area contributed by atoms with Gasteiger partial charge in [-0.25, -0.2) is 0 Å². The summed E-state index contributed by atoms with van der Waals surface area (Å²) in [7, 11) is 0. The Morgan fingerprint density at radius 1 is 0.938 bits per heavy atom. The molecule has 1 aromatic carbocycles. The lowest BCUT2D eigenvalue weighted by atomic mass is 9.86. The van der Waals surface area contributed by atoms with E-state index in [9.17, 15) is 35.9 Å². The Morgan fingerprint density at radius 3 is 1.94 bits per heavy atom. The van der Waals surface area contributed by atoms with Crippen molar-refractivity contribution in [1.29, 1.82) is 0 Å². The quantitative estimate of drug-likeness (QED) is 0.529. The van der Waals surface area contributed by atoms with E-state index in [2.05, 4.69) is 16.0 Å². The highest BCUT2D eigenvalue weighted by molar-refractivity contribution is 5.94. The van der Waals surface area contributed by atoms with E-state index in [4.69, 9.17) is 0 Å². The van der Waals surface area contributed by atoms with Crippen LogP contribution in [-0.4, -0.2) is 37.0 Å². The molecule has 0 radical (unpaired) electrons. The minimum atomic E-state index is -5.01. The molecule has 0 bridgehead atoms. The number of amides is 2. The van der Waals surface area contributed by atoms with E-state index in [1.165, 1.54) is 0 Å². The van der Waals surface area contributed by atoms with Gasteiger partial charge in [-0.2, -0.15) is 26.3 Å². The van der Waals surface area contributed by atoms with Crippen molar-refractivity contribution in [1.82, 2.24) is 16.0 Å². The van der Waals surface area contributed by atoms with Crippen molar-refractivity contribution in [3.63, 3.8) is 0 Å². The van der Waals surface area contributed by atoms with E-state index in [0.717, 1.165) is 12.8 Å². The lowest BCUT2D eigenvalue weighted by Gasteiger charge is -2.29. The molecule has 0 saturated heterocycles. The van der Waals surface area contributed by atoms with Crippen molar-refractivity contribution in [2.24, 2.45) is 5.92 Å². The molecule has 0 unspecified atom stereocenters. The number of carbonyl (C=O) groups is 2. The molecule has 3 N–H and O–H groups in total. The smallest absolute Gasteiger partial charge is 0.353 e. The number of carbonyl (C=O) groups excluding carboxylic acids is 2. The van der Waals surface area contributed by atoms with Crippen LogP contribution in [0, 0.1) is 5.92 Å². The Hall–Kier alpha value is -2.30. The third-order valence-corrected chi connectivity index (χ3v) is 5.25. The molecule has 0 atom stereocenters. The standard InChI is InChI=1S/C21H27F6N3O2/c1-12(2)30-18(31)11-28-17-5-3-13(4-6-17)10-29-19(32)14-7-15(20(22,23)24)9-16(8-14)21(25,26)27/h7-9,12-13,17,28H,3-6,10-11H2,1-2H3,(H,29,32)(H,30,31). The zero-order valence-corrected chi connectivity index (χ0v) is 17.8. The highest BCUT2D eigenvalue weighted by atomic mass is 19.4. The molecular weight excluding hydrogens is 440 g/mol. The van der Waals surface area contributed by atoms with Crippen LogP contribution in [0.3, 0.4) is 0 Å². The summed E-state index contributed by atoms with van der Waals surface area (Å²) in [5, 5.41) is 8.40. The molecule has 2 rings (SSSR count). The molecule has 0 heterocycles. The summed E-state index contributed by atoms with van der Waals surface area (Å²) in [6, 6.07) is 1.03. The Bertz CT molecular complexity index is 767. The fourth-order valence-electron chi connectivity index (χ4n) is 3.61. The van der Waals surface area contributed by atoms with Gasteiger partial charge in [-0.3, -0.25) is 9.59 Å². The lowest BCUT2D eigenvalue weighted by molar-refractivity contribution is -0.143. The second-order valence-corrected chi connectivity index (χ2v) is 8.33. The number of halogens is 6. The Balaban J connectivity index is 1.89. The molecular formula is C21H27F6N3O2. The molecule has 1 aliphatic rings. The van der Waals surface area contributed by atoms with Gasteiger partial charge in [0.1, 0.15) is 0 Å². The zero-order valence-electron chi connectivity index (χ0n) is 17.8. The highest BCUT2D eigenvalue weighted by Crippen LogP contribution is 2.36. The molecule has 11 heteroatoms. The van der Waals surface area contributed by atoms with Gasteiger partial charge < -0.3 is 16.0 Å². The maximum Gasteiger partial charge on any atom is 0.416 e. The number of rotatable bonds is 7. The molecule has 1 aliphatic carbocycles. The number of alkyl halides is 6. The number of benzene rings is 1. The van der Waals surface area contributed by atoms with Crippen LogP contribution >= 0.6 is 0 Å². The third-order valence-electron chi connectivity index (χ3n) is 5.25. The lowest BCUT2D eigenvalue weighted by Crippen LogP contribution is -2.43. The summed E-state index contributed by atoms with van der Waals surface area (Å²) >= 11 is 0. The topological polar surface area (TPSA) is 70.2 Å². The Labute approximate surface area is 182 Å².